The Balaban J connectivity index is 1.58. The number of aromatic amines is 2. The molecule has 5 rings (SSSR count). The smallest absolute Gasteiger partial charge is 0.159 e. The van der Waals surface area contributed by atoms with Gasteiger partial charge in [-0.05, 0) is 36.4 Å². The van der Waals surface area contributed by atoms with Crippen LogP contribution in [0.5, 0.6) is 0 Å². The summed E-state index contributed by atoms with van der Waals surface area (Å²) in [5, 5.41) is 8.26. The van der Waals surface area contributed by atoms with Crippen molar-refractivity contribution in [2.75, 3.05) is 31.2 Å². The van der Waals surface area contributed by atoms with Gasteiger partial charge in [-0.3, -0.25) is 9.89 Å². The van der Waals surface area contributed by atoms with E-state index in [4.69, 9.17) is 4.74 Å². The molecule has 130 valence electrons. The van der Waals surface area contributed by atoms with E-state index in [1.807, 2.05) is 18.2 Å². The molecule has 3 heterocycles. The number of carbonyl (C=O) groups is 1. The highest BCUT2D eigenvalue weighted by molar-refractivity contribution is 5.96. The summed E-state index contributed by atoms with van der Waals surface area (Å²) >= 11 is 0. The highest BCUT2D eigenvalue weighted by atomic mass is 16.5. The van der Waals surface area contributed by atoms with E-state index in [1.54, 1.807) is 6.07 Å². The van der Waals surface area contributed by atoms with E-state index >= 15 is 0 Å². The van der Waals surface area contributed by atoms with E-state index in [1.165, 1.54) is 0 Å². The molecule has 2 aromatic heterocycles. The molecular weight excluding hydrogens is 330 g/mol. The average molecular weight is 347 g/mol. The first-order chi connectivity index (χ1) is 12.8. The first-order valence-corrected chi connectivity index (χ1v) is 8.58. The molecule has 1 fully saturated rings. The molecule has 1 aliphatic rings. The van der Waals surface area contributed by atoms with Gasteiger partial charge in [0, 0.05) is 29.7 Å². The fourth-order valence-corrected chi connectivity index (χ4v) is 3.41. The minimum Gasteiger partial charge on any atom is -0.378 e. The van der Waals surface area contributed by atoms with Gasteiger partial charge in [-0.15, -0.1) is 0 Å². The number of rotatable bonds is 3. The quantitative estimate of drug-likeness (QED) is 0.557. The van der Waals surface area contributed by atoms with Gasteiger partial charge < -0.3 is 14.6 Å². The number of morpholine rings is 1. The summed E-state index contributed by atoms with van der Waals surface area (Å²) in [6, 6.07) is 11.7. The van der Waals surface area contributed by atoms with Gasteiger partial charge in [0.2, 0.25) is 0 Å². The zero-order chi connectivity index (χ0) is 17.5. The third-order valence-electron chi connectivity index (χ3n) is 4.79. The first-order valence-electron chi connectivity index (χ1n) is 8.58. The number of imidazole rings is 1. The lowest BCUT2D eigenvalue weighted by molar-refractivity contribution is 0.112. The Bertz CT molecular complexity index is 1110. The van der Waals surface area contributed by atoms with Crippen LogP contribution in [-0.2, 0) is 4.74 Å². The van der Waals surface area contributed by atoms with Crippen LogP contribution in [0, 0.1) is 0 Å². The number of aldehydes is 1. The number of H-pyrrole nitrogens is 2. The molecule has 7 nitrogen and oxygen atoms in total. The molecule has 0 radical (unpaired) electrons. The minimum atomic E-state index is 0.617. The zero-order valence-corrected chi connectivity index (χ0v) is 14.0. The molecule has 7 heteroatoms. The Hall–Kier alpha value is -3.19. The Labute approximate surface area is 149 Å². The summed E-state index contributed by atoms with van der Waals surface area (Å²) in [4.78, 5) is 21.4. The van der Waals surface area contributed by atoms with Crippen molar-refractivity contribution in [3.63, 3.8) is 0 Å². The summed E-state index contributed by atoms with van der Waals surface area (Å²) in [5.41, 5.74) is 5.22. The molecule has 2 aromatic carbocycles. The van der Waals surface area contributed by atoms with Gasteiger partial charge in [0.1, 0.15) is 12.0 Å². The number of hydrogen-bond donors (Lipinski definition) is 2. The number of nitrogens with one attached hydrogen (secondary N) is 2. The van der Waals surface area contributed by atoms with Crippen molar-refractivity contribution in [2.24, 2.45) is 0 Å². The summed E-state index contributed by atoms with van der Waals surface area (Å²) in [7, 11) is 0. The summed E-state index contributed by atoms with van der Waals surface area (Å²) < 4.78 is 5.42. The van der Waals surface area contributed by atoms with Gasteiger partial charge in [0.05, 0.1) is 29.8 Å². The summed E-state index contributed by atoms with van der Waals surface area (Å²) in [6.07, 6.45) is 0.837. The predicted molar refractivity (Wildman–Crippen MR) is 99.6 cm³/mol. The van der Waals surface area contributed by atoms with Gasteiger partial charge >= 0.3 is 0 Å². The molecule has 1 aliphatic heterocycles. The second kappa shape index (κ2) is 5.96. The maximum atomic E-state index is 11.1. The van der Waals surface area contributed by atoms with Crippen molar-refractivity contribution in [3.8, 4) is 11.5 Å². The number of fused-ring (bicyclic) bond motifs is 2. The van der Waals surface area contributed by atoms with E-state index < -0.39 is 0 Å². The molecule has 0 amide bonds. The fourth-order valence-electron chi connectivity index (χ4n) is 3.41. The van der Waals surface area contributed by atoms with E-state index in [0.29, 0.717) is 17.1 Å². The second-order valence-electron chi connectivity index (χ2n) is 6.38. The maximum Gasteiger partial charge on any atom is 0.159 e. The number of carbonyl (C=O) groups excluding carboxylic acids is 1. The normalized spacial score (nSPS) is 15.0. The number of benzene rings is 2. The molecular formula is C19H17N5O2. The maximum absolute atomic E-state index is 11.1. The largest absolute Gasteiger partial charge is 0.378 e. The monoisotopic (exact) mass is 347 g/mol. The fraction of sp³-hybridized carbons (Fsp3) is 0.211. The van der Waals surface area contributed by atoms with E-state index in [0.717, 1.165) is 60.2 Å². The van der Waals surface area contributed by atoms with Crippen molar-refractivity contribution < 1.29 is 9.53 Å². The highest BCUT2D eigenvalue weighted by Crippen LogP contribution is 2.28. The van der Waals surface area contributed by atoms with Crippen molar-refractivity contribution >= 4 is 33.9 Å². The predicted octanol–water partition coefficient (Wildman–Crippen LogP) is 2.76. The van der Waals surface area contributed by atoms with Gasteiger partial charge in [-0.1, -0.05) is 0 Å². The third-order valence-corrected chi connectivity index (χ3v) is 4.79. The van der Waals surface area contributed by atoms with Crippen LogP contribution in [0.3, 0.4) is 0 Å². The number of hydrogen-bond acceptors (Lipinski definition) is 5. The van der Waals surface area contributed by atoms with Crippen molar-refractivity contribution in [3.05, 3.63) is 42.0 Å². The molecule has 26 heavy (non-hydrogen) atoms. The lowest BCUT2D eigenvalue weighted by atomic mass is 10.1. The Morgan fingerprint density at radius 2 is 1.96 bits per heavy atom. The van der Waals surface area contributed by atoms with Crippen LogP contribution in [-0.4, -0.2) is 52.8 Å². The molecule has 1 saturated heterocycles. The summed E-state index contributed by atoms with van der Waals surface area (Å²) in [5.74, 6) is 0.688. The molecule has 0 bridgehead atoms. The topological polar surface area (TPSA) is 86.9 Å². The standard InChI is InChI=1S/C19H17N5O2/c25-11-12-1-3-15-14(9-12)18(23-22-15)19-20-16-4-2-13(10-17(16)21-19)24-5-7-26-8-6-24/h1-4,9-11H,5-8H2,(H,20,21)(H,22,23). The molecule has 0 atom stereocenters. The van der Waals surface area contributed by atoms with Crippen molar-refractivity contribution in [1.29, 1.82) is 0 Å². The molecule has 0 aliphatic carbocycles. The summed E-state index contributed by atoms with van der Waals surface area (Å²) in [6.45, 7) is 3.30. The van der Waals surface area contributed by atoms with Crippen molar-refractivity contribution in [1.82, 2.24) is 20.2 Å². The van der Waals surface area contributed by atoms with Crippen molar-refractivity contribution in [2.45, 2.75) is 0 Å². The van der Waals surface area contributed by atoms with Crippen LogP contribution in [0.2, 0.25) is 0 Å². The number of nitrogens with zero attached hydrogens (tertiary/aromatic N) is 3. The van der Waals surface area contributed by atoms with Crippen LogP contribution < -0.4 is 4.90 Å². The van der Waals surface area contributed by atoms with Gasteiger partial charge in [-0.25, -0.2) is 4.98 Å². The first kappa shape index (κ1) is 15.1. The van der Waals surface area contributed by atoms with Crippen LogP contribution in [0.25, 0.3) is 33.5 Å². The number of anilines is 1. The van der Waals surface area contributed by atoms with Gasteiger partial charge in [0.25, 0.3) is 0 Å². The lowest BCUT2D eigenvalue weighted by Crippen LogP contribution is -2.36. The van der Waals surface area contributed by atoms with Crippen LogP contribution >= 0.6 is 0 Å². The number of aromatic nitrogens is 4. The number of ether oxygens (including phenoxy) is 1. The molecule has 0 spiro atoms. The zero-order valence-electron chi connectivity index (χ0n) is 14.0. The second-order valence-corrected chi connectivity index (χ2v) is 6.38. The van der Waals surface area contributed by atoms with Crippen LogP contribution in [0.1, 0.15) is 10.4 Å². The van der Waals surface area contributed by atoms with Gasteiger partial charge in [0.15, 0.2) is 5.82 Å². The highest BCUT2D eigenvalue weighted by Gasteiger charge is 2.15. The molecule has 2 N–H and O–H groups in total. The molecule has 0 saturated carbocycles. The van der Waals surface area contributed by atoms with E-state index in [9.17, 15) is 4.79 Å². The Kier molecular flexibility index (Phi) is 3.46. The Morgan fingerprint density at radius 1 is 1.08 bits per heavy atom. The van der Waals surface area contributed by atoms with Gasteiger partial charge in [-0.2, -0.15) is 5.10 Å². The van der Waals surface area contributed by atoms with Crippen LogP contribution in [0.15, 0.2) is 36.4 Å². The third kappa shape index (κ3) is 2.44. The Morgan fingerprint density at radius 3 is 2.81 bits per heavy atom. The minimum absolute atomic E-state index is 0.617. The molecule has 0 unspecified atom stereocenters. The SMILES string of the molecule is O=Cc1ccc2[nH]nc(-c3nc4ccc(N5CCOCC5)cc4[nH]3)c2c1. The van der Waals surface area contributed by atoms with E-state index in [2.05, 4.69) is 37.2 Å². The average Bonchev–Trinajstić information content (AvgIpc) is 3.31. The van der Waals surface area contributed by atoms with Crippen LogP contribution in [0.4, 0.5) is 5.69 Å². The molecule has 4 aromatic rings. The van der Waals surface area contributed by atoms with E-state index in [-0.39, 0.29) is 0 Å². The lowest BCUT2D eigenvalue weighted by Gasteiger charge is -2.28.